The van der Waals surface area contributed by atoms with Crippen LogP contribution in [-0.4, -0.2) is 33.4 Å². The number of rotatable bonds is 11. The van der Waals surface area contributed by atoms with Crippen molar-refractivity contribution >= 4 is 34.8 Å². The van der Waals surface area contributed by atoms with Crippen LogP contribution in [0.15, 0.2) is 67.0 Å². The number of phenols is 1. The number of pyridine rings is 1. The van der Waals surface area contributed by atoms with Crippen molar-refractivity contribution in [3.8, 4) is 5.75 Å². The Bertz CT molecular complexity index is 1250. The molecule has 0 unspecified atom stereocenters. The number of phenolic OH excluding ortho intramolecular Hbond substituents is 1. The van der Waals surface area contributed by atoms with Crippen molar-refractivity contribution in [3.05, 3.63) is 94.0 Å². The number of anilines is 1. The molecule has 0 spiro atoms. The highest BCUT2D eigenvalue weighted by Gasteiger charge is 2.17. The molecule has 0 bridgehead atoms. The normalized spacial score (nSPS) is 11.1. The second-order valence-corrected chi connectivity index (χ2v) is 7.92. The number of nitrogens with one attached hydrogen (secondary N) is 2. The van der Waals surface area contributed by atoms with Gasteiger partial charge in [0, 0.05) is 30.9 Å². The Kier molecular flexibility index (Phi) is 9.21. The second kappa shape index (κ2) is 12.7. The van der Waals surface area contributed by atoms with Gasteiger partial charge in [0.1, 0.15) is 17.3 Å². The van der Waals surface area contributed by atoms with E-state index in [1.807, 2.05) is 0 Å². The first-order chi connectivity index (χ1) is 17.3. The Hall–Kier alpha value is -4.60. The van der Waals surface area contributed by atoms with Gasteiger partial charge >= 0.3 is 0 Å². The molecule has 0 aliphatic carbocycles. The number of nitrogens with zero attached hydrogens (tertiary/aromatic N) is 2. The molecule has 36 heavy (non-hydrogen) atoms. The summed E-state index contributed by atoms with van der Waals surface area (Å²) in [6.45, 7) is 0.374. The lowest BCUT2D eigenvalue weighted by Gasteiger charge is -2.10. The van der Waals surface area contributed by atoms with E-state index in [2.05, 4.69) is 15.6 Å². The first-order valence-electron chi connectivity index (χ1n) is 11.3. The zero-order chi connectivity index (χ0) is 25.9. The van der Waals surface area contributed by atoms with Gasteiger partial charge in [0.15, 0.2) is 0 Å². The predicted octanol–water partition coefficient (Wildman–Crippen LogP) is 4.69. The molecule has 3 aromatic rings. The first kappa shape index (κ1) is 26.0. The van der Waals surface area contributed by atoms with Crippen LogP contribution in [0.4, 0.5) is 15.8 Å². The molecule has 0 aliphatic rings. The quantitative estimate of drug-likeness (QED) is 0.117. The number of aromatic nitrogens is 1. The Morgan fingerprint density at radius 1 is 1.03 bits per heavy atom. The molecule has 2 aromatic carbocycles. The summed E-state index contributed by atoms with van der Waals surface area (Å²) in [6, 6.07) is 12.7. The maximum absolute atomic E-state index is 13.4. The monoisotopic (exact) mass is 492 g/mol. The zero-order valence-corrected chi connectivity index (χ0v) is 19.3. The van der Waals surface area contributed by atoms with Gasteiger partial charge in [0.05, 0.1) is 11.0 Å². The third-order valence-electron chi connectivity index (χ3n) is 5.24. The number of benzene rings is 2. The summed E-state index contributed by atoms with van der Waals surface area (Å²) < 4.78 is 13.4. The number of amides is 2. The van der Waals surface area contributed by atoms with Crippen LogP contribution in [0.5, 0.6) is 5.75 Å². The van der Waals surface area contributed by atoms with Gasteiger partial charge < -0.3 is 15.7 Å². The highest BCUT2D eigenvalue weighted by atomic mass is 19.1. The Labute approximate surface area is 206 Å². The summed E-state index contributed by atoms with van der Waals surface area (Å²) in [6.07, 6.45) is 6.86. The van der Waals surface area contributed by atoms with E-state index in [-0.39, 0.29) is 35.4 Å². The van der Waals surface area contributed by atoms with Crippen LogP contribution in [-0.2, 0) is 9.59 Å². The number of aromatic hydroxyl groups is 1. The van der Waals surface area contributed by atoms with Gasteiger partial charge in [-0.1, -0.05) is 18.6 Å². The Morgan fingerprint density at radius 3 is 2.44 bits per heavy atom. The van der Waals surface area contributed by atoms with Crippen molar-refractivity contribution < 1.29 is 24.0 Å². The highest BCUT2D eigenvalue weighted by molar-refractivity contribution is 6.24. The van der Waals surface area contributed by atoms with Crippen molar-refractivity contribution in [3.63, 3.8) is 0 Å². The minimum atomic E-state index is -0.679. The molecule has 2 amide bonds. The van der Waals surface area contributed by atoms with Crippen molar-refractivity contribution in [2.75, 3.05) is 11.9 Å². The molecule has 1 heterocycles. The van der Waals surface area contributed by atoms with Gasteiger partial charge in [-0.2, -0.15) is 0 Å². The molecular weight excluding hydrogens is 467 g/mol. The molecule has 10 heteroatoms. The third kappa shape index (κ3) is 7.73. The van der Waals surface area contributed by atoms with Crippen molar-refractivity contribution in [2.24, 2.45) is 0 Å². The number of hydrogen-bond donors (Lipinski definition) is 3. The maximum Gasteiger partial charge on any atom is 0.296 e. The maximum atomic E-state index is 13.4. The highest BCUT2D eigenvalue weighted by Crippen LogP contribution is 2.28. The SMILES string of the molecule is O=C(CCCCCNC(=O)C(=Cc1ccncc1)c1ccc(F)cc1)Nc1ccc(O)cc1[N+](=O)[O-]. The van der Waals surface area contributed by atoms with E-state index in [1.54, 1.807) is 42.7 Å². The van der Waals surface area contributed by atoms with E-state index in [0.29, 0.717) is 36.9 Å². The lowest BCUT2D eigenvalue weighted by atomic mass is 10.0. The van der Waals surface area contributed by atoms with Crippen LogP contribution in [0, 0.1) is 15.9 Å². The van der Waals surface area contributed by atoms with Crippen LogP contribution in [0.1, 0.15) is 36.8 Å². The molecule has 0 atom stereocenters. The Balaban J connectivity index is 1.48. The number of halogens is 1. The molecular formula is C26H25FN4O5. The van der Waals surface area contributed by atoms with E-state index in [9.17, 15) is 29.2 Å². The minimum Gasteiger partial charge on any atom is -0.508 e. The average Bonchev–Trinajstić information content (AvgIpc) is 2.86. The molecule has 0 radical (unpaired) electrons. The number of carbonyl (C=O) groups is 2. The van der Waals surface area contributed by atoms with E-state index < -0.39 is 10.7 Å². The largest absolute Gasteiger partial charge is 0.508 e. The fourth-order valence-electron chi connectivity index (χ4n) is 3.41. The molecule has 186 valence electrons. The zero-order valence-electron chi connectivity index (χ0n) is 19.3. The topological polar surface area (TPSA) is 134 Å². The first-order valence-corrected chi connectivity index (χ1v) is 11.3. The van der Waals surface area contributed by atoms with E-state index in [4.69, 9.17) is 0 Å². The second-order valence-electron chi connectivity index (χ2n) is 7.92. The fourth-order valence-corrected chi connectivity index (χ4v) is 3.41. The summed E-state index contributed by atoms with van der Waals surface area (Å²) in [4.78, 5) is 39.4. The minimum absolute atomic E-state index is 0.0179. The van der Waals surface area contributed by atoms with Crippen LogP contribution < -0.4 is 10.6 Å². The number of unbranched alkanes of at least 4 members (excludes halogenated alkanes) is 2. The fraction of sp³-hybridized carbons (Fsp3) is 0.192. The summed E-state index contributed by atoms with van der Waals surface area (Å²) in [7, 11) is 0. The van der Waals surface area contributed by atoms with Crippen LogP contribution >= 0.6 is 0 Å². The summed E-state index contributed by atoms with van der Waals surface area (Å²) in [5.41, 5.74) is 1.37. The van der Waals surface area contributed by atoms with E-state index in [0.717, 1.165) is 11.6 Å². The van der Waals surface area contributed by atoms with Gasteiger partial charge in [0.25, 0.3) is 11.6 Å². The molecule has 0 aliphatic heterocycles. The number of nitro groups is 1. The lowest BCUT2D eigenvalue weighted by Crippen LogP contribution is -2.25. The average molecular weight is 493 g/mol. The van der Waals surface area contributed by atoms with Gasteiger partial charge in [-0.3, -0.25) is 24.7 Å². The van der Waals surface area contributed by atoms with Crippen molar-refractivity contribution in [1.82, 2.24) is 10.3 Å². The van der Waals surface area contributed by atoms with Gasteiger partial charge in [-0.25, -0.2) is 4.39 Å². The van der Waals surface area contributed by atoms with Crippen LogP contribution in [0.25, 0.3) is 11.6 Å². The van der Waals surface area contributed by atoms with Crippen molar-refractivity contribution in [2.45, 2.75) is 25.7 Å². The number of carbonyl (C=O) groups excluding carboxylic acids is 2. The Morgan fingerprint density at radius 2 is 1.75 bits per heavy atom. The molecule has 0 saturated carbocycles. The molecule has 0 saturated heterocycles. The van der Waals surface area contributed by atoms with Crippen LogP contribution in [0.2, 0.25) is 0 Å². The lowest BCUT2D eigenvalue weighted by molar-refractivity contribution is -0.384. The van der Waals surface area contributed by atoms with E-state index in [1.165, 1.54) is 24.3 Å². The predicted molar refractivity (Wildman–Crippen MR) is 133 cm³/mol. The molecule has 3 rings (SSSR count). The van der Waals surface area contributed by atoms with Gasteiger partial charge in [0.2, 0.25) is 5.91 Å². The standard InChI is InChI=1S/C26H25FN4O5/c27-20-7-5-19(6-8-20)22(16-18-11-14-28-15-12-18)26(34)29-13-3-1-2-4-25(33)30-23-10-9-21(32)17-24(23)31(35)36/h5-12,14-17,32H,1-4,13H2,(H,29,34)(H,30,33). The third-order valence-corrected chi connectivity index (χ3v) is 5.24. The van der Waals surface area contributed by atoms with Crippen LogP contribution in [0.3, 0.4) is 0 Å². The molecule has 3 N–H and O–H groups in total. The van der Waals surface area contributed by atoms with Gasteiger partial charge in [-0.15, -0.1) is 0 Å². The smallest absolute Gasteiger partial charge is 0.296 e. The summed E-state index contributed by atoms with van der Waals surface area (Å²) in [5.74, 6) is -1.35. The number of nitro benzene ring substituents is 1. The summed E-state index contributed by atoms with van der Waals surface area (Å²) in [5, 5.41) is 25.8. The van der Waals surface area contributed by atoms with Gasteiger partial charge in [-0.05, 0) is 66.4 Å². The van der Waals surface area contributed by atoms with Crippen molar-refractivity contribution in [1.29, 1.82) is 0 Å². The molecule has 9 nitrogen and oxygen atoms in total. The summed E-state index contributed by atoms with van der Waals surface area (Å²) >= 11 is 0. The van der Waals surface area contributed by atoms with E-state index >= 15 is 0 Å². The molecule has 1 aromatic heterocycles. The number of hydrogen-bond acceptors (Lipinski definition) is 6. The molecule has 0 fully saturated rings.